The second kappa shape index (κ2) is 4.08. The molecule has 0 radical (unpaired) electrons. The largest absolute Gasteiger partial charge is 0.383 e. The molecule has 0 saturated heterocycles. The van der Waals surface area contributed by atoms with Crippen LogP contribution in [-0.2, 0) is 0 Å². The molecule has 1 atom stereocenters. The maximum absolute atomic E-state index is 10.2. The molecular weight excluding hydrogens is 224 g/mol. The minimum absolute atomic E-state index is 0.450. The average molecular weight is 238 g/mol. The molecule has 1 N–H and O–H groups in total. The van der Waals surface area contributed by atoms with Crippen molar-refractivity contribution < 1.29 is 5.11 Å². The molecule has 2 rings (SSSR count). The fourth-order valence-corrected chi connectivity index (χ4v) is 3.35. The van der Waals surface area contributed by atoms with E-state index in [1.807, 2.05) is 11.4 Å². The summed E-state index contributed by atoms with van der Waals surface area (Å²) < 4.78 is 0. The monoisotopic (exact) mass is 238 g/mol. The van der Waals surface area contributed by atoms with Crippen molar-refractivity contribution in [2.75, 3.05) is 0 Å². The van der Waals surface area contributed by atoms with Crippen LogP contribution >= 0.6 is 22.7 Å². The molecule has 1 nitrogen and oxygen atoms in total. The van der Waals surface area contributed by atoms with Crippen molar-refractivity contribution in [1.29, 1.82) is 0 Å². The van der Waals surface area contributed by atoms with Crippen molar-refractivity contribution in [2.24, 2.45) is 0 Å². The van der Waals surface area contributed by atoms with Gasteiger partial charge in [0.15, 0.2) is 0 Å². The molecule has 0 aliphatic carbocycles. The zero-order chi connectivity index (χ0) is 11.0. The zero-order valence-corrected chi connectivity index (χ0v) is 10.7. The standard InChI is InChI=1S/C12H14OS2/c1-7-6-11(15-8(7)2)12(13)10-4-5-14-9(10)3/h4-6,12-13H,1-3H3. The highest BCUT2D eigenvalue weighted by molar-refractivity contribution is 7.12. The van der Waals surface area contributed by atoms with Gasteiger partial charge < -0.3 is 5.11 Å². The molecule has 2 heterocycles. The van der Waals surface area contributed by atoms with Gasteiger partial charge >= 0.3 is 0 Å². The van der Waals surface area contributed by atoms with E-state index < -0.39 is 6.10 Å². The SMILES string of the molecule is Cc1cc(C(O)c2ccsc2C)sc1C. The molecule has 1 unspecified atom stereocenters. The van der Waals surface area contributed by atoms with Crippen LogP contribution in [-0.4, -0.2) is 5.11 Å². The molecule has 0 aliphatic rings. The lowest BCUT2D eigenvalue weighted by atomic mass is 10.1. The predicted molar refractivity (Wildman–Crippen MR) is 66.9 cm³/mol. The third-order valence-corrected chi connectivity index (χ3v) is 4.71. The Labute approximate surface area is 98.0 Å². The topological polar surface area (TPSA) is 20.2 Å². The van der Waals surface area contributed by atoms with E-state index >= 15 is 0 Å². The van der Waals surface area contributed by atoms with Gasteiger partial charge in [-0.05, 0) is 49.4 Å². The highest BCUT2D eigenvalue weighted by atomic mass is 32.1. The van der Waals surface area contributed by atoms with E-state index in [4.69, 9.17) is 0 Å². The summed E-state index contributed by atoms with van der Waals surface area (Å²) in [7, 11) is 0. The maximum Gasteiger partial charge on any atom is 0.114 e. The van der Waals surface area contributed by atoms with E-state index in [0.717, 1.165) is 10.4 Å². The summed E-state index contributed by atoms with van der Waals surface area (Å²) in [6, 6.07) is 4.09. The summed E-state index contributed by atoms with van der Waals surface area (Å²) in [6.45, 7) is 6.23. The Hall–Kier alpha value is -0.640. The molecule has 80 valence electrons. The van der Waals surface area contributed by atoms with Crippen molar-refractivity contribution in [1.82, 2.24) is 0 Å². The van der Waals surface area contributed by atoms with E-state index in [-0.39, 0.29) is 0 Å². The van der Waals surface area contributed by atoms with E-state index in [1.165, 1.54) is 15.3 Å². The first-order chi connectivity index (χ1) is 7.09. The molecule has 3 heteroatoms. The molecule has 15 heavy (non-hydrogen) atoms. The van der Waals surface area contributed by atoms with Crippen LogP contribution in [0.15, 0.2) is 17.5 Å². The summed E-state index contributed by atoms with van der Waals surface area (Å²) in [4.78, 5) is 3.54. The summed E-state index contributed by atoms with van der Waals surface area (Å²) in [5.74, 6) is 0. The van der Waals surface area contributed by atoms with Crippen LogP contribution in [0.1, 0.15) is 31.9 Å². The van der Waals surface area contributed by atoms with Crippen molar-refractivity contribution in [3.05, 3.63) is 43.3 Å². The van der Waals surface area contributed by atoms with Crippen LogP contribution in [0.3, 0.4) is 0 Å². The first-order valence-corrected chi connectivity index (χ1v) is 6.58. The third-order valence-electron chi connectivity index (χ3n) is 2.65. The lowest BCUT2D eigenvalue weighted by Gasteiger charge is -2.07. The van der Waals surface area contributed by atoms with Gasteiger partial charge in [0.05, 0.1) is 0 Å². The van der Waals surface area contributed by atoms with Gasteiger partial charge in [-0.2, -0.15) is 0 Å². The maximum atomic E-state index is 10.2. The molecule has 0 saturated carbocycles. The minimum atomic E-state index is -0.450. The van der Waals surface area contributed by atoms with Gasteiger partial charge in [-0.15, -0.1) is 22.7 Å². The highest BCUT2D eigenvalue weighted by Gasteiger charge is 2.16. The van der Waals surface area contributed by atoms with Gasteiger partial charge in [0, 0.05) is 14.6 Å². The van der Waals surface area contributed by atoms with Gasteiger partial charge in [0.2, 0.25) is 0 Å². The smallest absolute Gasteiger partial charge is 0.114 e. The van der Waals surface area contributed by atoms with Crippen LogP contribution in [0.5, 0.6) is 0 Å². The molecule has 0 aliphatic heterocycles. The van der Waals surface area contributed by atoms with Crippen molar-refractivity contribution in [2.45, 2.75) is 26.9 Å². The van der Waals surface area contributed by atoms with E-state index in [0.29, 0.717) is 0 Å². The first-order valence-electron chi connectivity index (χ1n) is 4.88. The van der Waals surface area contributed by atoms with E-state index in [2.05, 4.69) is 26.8 Å². The van der Waals surface area contributed by atoms with E-state index in [1.54, 1.807) is 22.7 Å². The Balaban J connectivity index is 2.36. The Bertz CT molecular complexity index is 448. The Morgan fingerprint density at radius 3 is 2.40 bits per heavy atom. The molecule has 0 fully saturated rings. The third kappa shape index (κ3) is 2.00. The van der Waals surface area contributed by atoms with Crippen LogP contribution < -0.4 is 0 Å². The van der Waals surface area contributed by atoms with Gasteiger partial charge in [-0.1, -0.05) is 0 Å². The number of hydrogen-bond acceptors (Lipinski definition) is 3. The molecule has 0 spiro atoms. The molecule has 0 amide bonds. The number of aryl methyl sites for hydroxylation is 3. The van der Waals surface area contributed by atoms with Crippen molar-refractivity contribution >= 4 is 22.7 Å². The number of aliphatic hydroxyl groups is 1. The Morgan fingerprint density at radius 1 is 1.20 bits per heavy atom. The minimum Gasteiger partial charge on any atom is -0.383 e. The van der Waals surface area contributed by atoms with Crippen molar-refractivity contribution in [3.63, 3.8) is 0 Å². The second-order valence-corrected chi connectivity index (χ2v) is 6.13. The van der Waals surface area contributed by atoms with E-state index in [9.17, 15) is 5.11 Å². The molecule has 0 bridgehead atoms. The van der Waals surface area contributed by atoms with Gasteiger partial charge in [0.25, 0.3) is 0 Å². The Morgan fingerprint density at radius 2 is 1.93 bits per heavy atom. The lowest BCUT2D eigenvalue weighted by molar-refractivity contribution is 0.224. The van der Waals surface area contributed by atoms with Crippen LogP contribution in [0.25, 0.3) is 0 Å². The first kappa shape index (κ1) is 10.9. The molecule has 2 aromatic rings. The van der Waals surface area contributed by atoms with Crippen molar-refractivity contribution in [3.8, 4) is 0 Å². The number of thiophene rings is 2. The van der Waals surface area contributed by atoms with Crippen LogP contribution in [0.2, 0.25) is 0 Å². The van der Waals surface area contributed by atoms with Crippen LogP contribution in [0.4, 0.5) is 0 Å². The average Bonchev–Trinajstić information content (AvgIpc) is 2.74. The van der Waals surface area contributed by atoms with Crippen LogP contribution in [0, 0.1) is 20.8 Å². The van der Waals surface area contributed by atoms with Gasteiger partial charge in [-0.3, -0.25) is 0 Å². The summed E-state index contributed by atoms with van der Waals surface area (Å²) in [5.41, 5.74) is 2.31. The summed E-state index contributed by atoms with van der Waals surface area (Å²) >= 11 is 3.37. The highest BCUT2D eigenvalue weighted by Crippen LogP contribution is 2.33. The molecule has 0 aromatic carbocycles. The summed E-state index contributed by atoms with van der Waals surface area (Å²) in [6.07, 6.45) is -0.450. The fourth-order valence-electron chi connectivity index (χ4n) is 1.57. The number of hydrogen-bond donors (Lipinski definition) is 1. The molecule has 2 aromatic heterocycles. The van der Waals surface area contributed by atoms with Gasteiger partial charge in [0.1, 0.15) is 6.10 Å². The Kier molecular flexibility index (Phi) is 2.96. The predicted octanol–water partition coefficient (Wildman–Crippen LogP) is 3.82. The quantitative estimate of drug-likeness (QED) is 0.843. The summed E-state index contributed by atoms with van der Waals surface area (Å²) in [5, 5.41) is 12.2. The lowest BCUT2D eigenvalue weighted by Crippen LogP contribution is -1.96. The fraction of sp³-hybridized carbons (Fsp3) is 0.333. The van der Waals surface area contributed by atoms with Gasteiger partial charge in [-0.25, -0.2) is 0 Å². The number of aliphatic hydroxyl groups excluding tert-OH is 1. The zero-order valence-electron chi connectivity index (χ0n) is 9.07. The second-order valence-electron chi connectivity index (χ2n) is 3.72. The molecular formula is C12H14OS2. The number of rotatable bonds is 2. The normalized spacial score (nSPS) is 13.1.